The highest BCUT2D eigenvalue weighted by atomic mass is 19.1. The maximum Gasteiger partial charge on any atom is 0.123 e. The Morgan fingerprint density at radius 3 is 2.00 bits per heavy atom. The molecule has 0 aliphatic heterocycles. The predicted molar refractivity (Wildman–Crippen MR) is 93.0 cm³/mol. The van der Waals surface area contributed by atoms with Crippen LogP contribution in [0.2, 0.25) is 0 Å². The molecule has 0 bridgehead atoms. The van der Waals surface area contributed by atoms with Crippen LogP contribution in [-0.2, 0) is 17.3 Å². The fourth-order valence-corrected chi connectivity index (χ4v) is 2.79. The largest absolute Gasteiger partial charge is 0.207 e. The van der Waals surface area contributed by atoms with Crippen LogP contribution in [0.1, 0.15) is 56.9 Å². The average Bonchev–Trinajstić information content (AvgIpc) is 2.46. The van der Waals surface area contributed by atoms with Crippen molar-refractivity contribution in [3.8, 4) is 6.07 Å². The molecule has 0 N–H and O–H groups in total. The first-order valence-corrected chi connectivity index (χ1v) is 7.93. The normalized spacial score (nSPS) is 12.0. The Labute approximate surface area is 138 Å². The molecule has 0 heterocycles. The van der Waals surface area contributed by atoms with Gasteiger partial charge in [0, 0.05) is 0 Å². The molecule has 2 aromatic carbocycles. The van der Waals surface area contributed by atoms with Gasteiger partial charge in [-0.1, -0.05) is 58.9 Å². The summed E-state index contributed by atoms with van der Waals surface area (Å²) in [4.78, 5) is 0. The molecule has 0 spiro atoms. The molecule has 2 heteroatoms. The van der Waals surface area contributed by atoms with Gasteiger partial charge in [0.25, 0.3) is 0 Å². The van der Waals surface area contributed by atoms with Crippen LogP contribution in [-0.4, -0.2) is 0 Å². The third-order valence-corrected chi connectivity index (χ3v) is 4.35. The number of hydrogen-bond acceptors (Lipinski definition) is 1. The van der Waals surface area contributed by atoms with Crippen LogP contribution in [0.5, 0.6) is 0 Å². The van der Waals surface area contributed by atoms with Crippen molar-refractivity contribution < 1.29 is 4.39 Å². The lowest BCUT2D eigenvalue weighted by molar-refractivity contribution is 0.517. The van der Waals surface area contributed by atoms with Crippen molar-refractivity contribution in [1.29, 1.82) is 5.26 Å². The second kappa shape index (κ2) is 6.16. The van der Waals surface area contributed by atoms with Gasteiger partial charge in [-0.2, -0.15) is 5.26 Å². The standard InChI is InChI=1S/C21H24FN/c1-20(2,3)18-7-6-15(14-23)16(12-18)13-21(4,5)17-8-10-19(22)11-9-17/h6-12H,13H2,1-5H3. The van der Waals surface area contributed by atoms with Crippen LogP contribution in [0.25, 0.3) is 0 Å². The van der Waals surface area contributed by atoms with Gasteiger partial charge in [0.05, 0.1) is 11.6 Å². The van der Waals surface area contributed by atoms with E-state index in [-0.39, 0.29) is 16.6 Å². The molecule has 0 unspecified atom stereocenters. The van der Waals surface area contributed by atoms with Gasteiger partial charge in [-0.3, -0.25) is 0 Å². The lowest BCUT2D eigenvalue weighted by Crippen LogP contribution is -2.22. The highest BCUT2D eigenvalue weighted by Crippen LogP contribution is 2.31. The fraction of sp³-hybridized carbons (Fsp3) is 0.381. The number of nitriles is 1. The van der Waals surface area contributed by atoms with Crippen molar-refractivity contribution in [3.05, 3.63) is 70.5 Å². The molecule has 0 amide bonds. The summed E-state index contributed by atoms with van der Waals surface area (Å²) in [6.07, 6.45) is 0.742. The van der Waals surface area contributed by atoms with Crippen molar-refractivity contribution in [2.24, 2.45) is 0 Å². The fourth-order valence-electron chi connectivity index (χ4n) is 2.79. The van der Waals surface area contributed by atoms with Crippen LogP contribution in [0.3, 0.4) is 0 Å². The summed E-state index contributed by atoms with van der Waals surface area (Å²) in [7, 11) is 0. The van der Waals surface area contributed by atoms with Crippen LogP contribution in [0, 0.1) is 17.1 Å². The van der Waals surface area contributed by atoms with Gasteiger partial charge in [-0.05, 0) is 52.1 Å². The van der Waals surface area contributed by atoms with Gasteiger partial charge in [0.1, 0.15) is 5.82 Å². The van der Waals surface area contributed by atoms with Crippen LogP contribution in [0.4, 0.5) is 4.39 Å². The summed E-state index contributed by atoms with van der Waals surface area (Å²) in [5.74, 6) is -0.225. The summed E-state index contributed by atoms with van der Waals surface area (Å²) < 4.78 is 13.2. The van der Waals surface area contributed by atoms with E-state index in [4.69, 9.17) is 0 Å². The first-order chi connectivity index (χ1) is 10.6. The van der Waals surface area contributed by atoms with Crippen LogP contribution >= 0.6 is 0 Å². The minimum absolute atomic E-state index is 0.0444. The minimum atomic E-state index is -0.225. The Bertz CT molecular complexity index is 728. The van der Waals surface area contributed by atoms with E-state index in [1.165, 1.54) is 17.7 Å². The van der Waals surface area contributed by atoms with Crippen LogP contribution in [0.15, 0.2) is 42.5 Å². The van der Waals surface area contributed by atoms with E-state index in [0.29, 0.717) is 5.56 Å². The average molecular weight is 309 g/mol. The third kappa shape index (κ3) is 3.99. The van der Waals surface area contributed by atoms with E-state index >= 15 is 0 Å². The molecule has 0 saturated heterocycles. The molecular weight excluding hydrogens is 285 g/mol. The molecule has 120 valence electrons. The van der Waals surface area contributed by atoms with Gasteiger partial charge in [0.15, 0.2) is 0 Å². The SMILES string of the molecule is CC(C)(C)c1ccc(C#N)c(CC(C)(C)c2ccc(F)cc2)c1. The molecule has 0 saturated carbocycles. The van der Waals surface area contributed by atoms with Crippen molar-refractivity contribution in [2.45, 2.75) is 51.9 Å². The Balaban J connectivity index is 2.41. The van der Waals surface area contributed by atoms with E-state index in [0.717, 1.165) is 17.5 Å². The van der Waals surface area contributed by atoms with Gasteiger partial charge < -0.3 is 0 Å². The smallest absolute Gasteiger partial charge is 0.123 e. The summed E-state index contributed by atoms with van der Waals surface area (Å²) in [6.45, 7) is 10.8. The molecule has 0 atom stereocenters. The number of rotatable bonds is 3. The summed E-state index contributed by atoms with van der Waals surface area (Å²) in [5, 5.41) is 9.42. The second-order valence-electron chi connectivity index (χ2n) is 7.80. The van der Waals surface area contributed by atoms with E-state index in [2.05, 4.69) is 46.8 Å². The lowest BCUT2D eigenvalue weighted by atomic mass is 9.77. The van der Waals surface area contributed by atoms with Crippen molar-refractivity contribution >= 4 is 0 Å². The third-order valence-electron chi connectivity index (χ3n) is 4.35. The number of nitrogens with zero attached hydrogens (tertiary/aromatic N) is 1. The van der Waals surface area contributed by atoms with E-state index in [9.17, 15) is 9.65 Å². The molecule has 0 aliphatic carbocycles. The molecule has 0 aromatic heterocycles. The van der Waals surface area contributed by atoms with Gasteiger partial charge >= 0.3 is 0 Å². The topological polar surface area (TPSA) is 23.8 Å². The predicted octanol–water partition coefficient (Wildman–Crippen LogP) is 5.52. The Morgan fingerprint density at radius 2 is 1.48 bits per heavy atom. The zero-order valence-electron chi connectivity index (χ0n) is 14.6. The molecule has 2 aromatic rings. The number of halogens is 1. The Morgan fingerprint density at radius 1 is 0.913 bits per heavy atom. The molecule has 23 heavy (non-hydrogen) atoms. The summed E-state index contributed by atoms with van der Waals surface area (Å²) in [6, 6.07) is 15.0. The van der Waals surface area contributed by atoms with E-state index < -0.39 is 0 Å². The monoisotopic (exact) mass is 309 g/mol. The van der Waals surface area contributed by atoms with Gasteiger partial charge in [-0.25, -0.2) is 4.39 Å². The highest BCUT2D eigenvalue weighted by Gasteiger charge is 2.24. The zero-order valence-corrected chi connectivity index (χ0v) is 14.6. The molecular formula is C21H24FN. The first-order valence-electron chi connectivity index (χ1n) is 7.93. The highest BCUT2D eigenvalue weighted by molar-refractivity contribution is 5.44. The quantitative estimate of drug-likeness (QED) is 0.733. The van der Waals surface area contributed by atoms with Gasteiger partial charge in [-0.15, -0.1) is 0 Å². The maximum atomic E-state index is 13.2. The van der Waals surface area contributed by atoms with Crippen molar-refractivity contribution in [3.63, 3.8) is 0 Å². The second-order valence-corrected chi connectivity index (χ2v) is 7.80. The lowest BCUT2D eigenvalue weighted by Gasteiger charge is -2.27. The molecule has 0 aliphatic rings. The first kappa shape index (κ1) is 17.2. The molecule has 0 fully saturated rings. The Hall–Kier alpha value is -2.14. The molecule has 2 rings (SSSR count). The maximum absolute atomic E-state index is 13.2. The summed E-state index contributed by atoms with van der Waals surface area (Å²) >= 11 is 0. The van der Waals surface area contributed by atoms with E-state index in [1.54, 1.807) is 0 Å². The molecule has 0 radical (unpaired) electrons. The van der Waals surface area contributed by atoms with E-state index in [1.807, 2.05) is 24.3 Å². The molecule has 1 nitrogen and oxygen atoms in total. The number of benzene rings is 2. The van der Waals surface area contributed by atoms with Crippen LogP contribution < -0.4 is 0 Å². The Kier molecular flexibility index (Phi) is 4.61. The van der Waals surface area contributed by atoms with Crippen molar-refractivity contribution in [2.75, 3.05) is 0 Å². The number of hydrogen-bond donors (Lipinski definition) is 0. The van der Waals surface area contributed by atoms with Gasteiger partial charge in [0.2, 0.25) is 0 Å². The van der Waals surface area contributed by atoms with Crippen molar-refractivity contribution in [1.82, 2.24) is 0 Å². The summed E-state index contributed by atoms with van der Waals surface area (Å²) in [5.41, 5.74) is 3.94. The zero-order chi connectivity index (χ0) is 17.3. The minimum Gasteiger partial charge on any atom is -0.207 e.